The van der Waals surface area contributed by atoms with Gasteiger partial charge in [0.25, 0.3) is 5.91 Å². The van der Waals surface area contributed by atoms with Crippen LogP contribution in [0.1, 0.15) is 12.5 Å². The Labute approximate surface area is 181 Å². The van der Waals surface area contributed by atoms with E-state index in [1.54, 1.807) is 0 Å². The maximum absolute atomic E-state index is 13.2. The summed E-state index contributed by atoms with van der Waals surface area (Å²) in [5.74, 6) is -1.09. The van der Waals surface area contributed by atoms with Gasteiger partial charge in [0.15, 0.2) is 6.10 Å². The predicted molar refractivity (Wildman–Crippen MR) is 108 cm³/mol. The van der Waals surface area contributed by atoms with Gasteiger partial charge in [0.05, 0.1) is 41.8 Å². The number of morpholine rings is 1. The molecule has 31 heavy (non-hydrogen) atoms. The van der Waals surface area contributed by atoms with E-state index in [0.29, 0.717) is 37.9 Å². The van der Waals surface area contributed by atoms with Gasteiger partial charge in [-0.15, -0.1) is 11.8 Å². The summed E-state index contributed by atoms with van der Waals surface area (Å²) in [6, 6.07) is 3.11. The highest BCUT2D eigenvalue weighted by atomic mass is 32.2. The number of benzene rings is 1. The Morgan fingerprint density at radius 2 is 2.00 bits per heavy atom. The standard InChI is InChI=1S/C19H22F3N3O5S/c1-12(30-17(27)9-25-11-31-10-16(25)26)18(28)23-14-8-13(19(20,21)22)2-3-15(14)24-4-6-29-7-5-24/h2-3,8,12H,4-7,9-11H2,1H3,(H,23,28). The lowest BCUT2D eigenvalue weighted by atomic mass is 10.1. The molecule has 2 aliphatic rings. The van der Waals surface area contributed by atoms with Gasteiger partial charge in [-0.05, 0) is 25.1 Å². The molecule has 0 aromatic heterocycles. The molecule has 2 fully saturated rings. The minimum absolute atomic E-state index is 0.0317. The summed E-state index contributed by atoms with van der Waals surface area (Å²) in [7, 11) is 0. The van der Waals surface area contributed by atoms with E-state index in [0.717, 1.165) is 12.1 Å². The molecule has 12 heteroatoms. The van der Waals surface area contributed by atoms with E-state index in [1.807, 2.05) is 4.90 Å². The number of thioether (sulfide) groups is 1. The number of halogens is 3. The highest BCUT2D eigenvalue weighted by molar-refractivity contribution is 8.00. The second-order valence-electron chi connectivity index (χ2n) is 7.02. The van der Waals surface area contributed by atoms with Gasteiger partial charge < -0.3 is 24.6 Å². The molecule has 2 amide bonds. The molecule has 0 radical (unpaired) electrons. The van der Waals surface area contributed by atoms with Crippen LogP contribution < -0.4 is 10.2 Å². The summed E-state index contributed by atoms with van der Waals surface area (Å²) in [6.45, 7) is 2.77. The molecule has 2 heterocycles. The van der Waals surface area contributed by atoms with Crippen molar-refractivity contribution in [3.63, 3.8) is 0 Å². The minimum atomic E-state index is -4.58. The van der Waals surface area contributed by atoms with Crippen molar-refractivity contribution < 1.29 is 37.0 Å². The van der Waals surface area contributed by atoms with Crippen molar-refractivity contribution in [2.75, 3.05) is 54.7 Å². The van der Waals surface area contributed by atoms with E-state index < -0.39 is 29.7 Å². The van der Waals surface area contributed by atoms with Crippen molar-refractivity contribution in [2.24, 2.45) is 0 Å². The third-order valence-corrected chi connectivity index (χ3v) is 5.70. The van der Waals surface area contributed by atoms with E-state index in [1.165, 1.54) is 29.7 Å². The number of nitrogens with zero attached hydrogens (tertiary/aromatic N) is 2. The highest BCUT2D eigenvalue weighted by Crippen LogP contribution is 2.36. The van der Waals surface area contributed by atoms with Crippen molar-refractivity contribution in [1.82, 2.24) is 4.90 Å². The lowest BCUT2D eigenvalue weighted by Gasteiger charge is -2.31. The van der Waals surface area contributed by atoms with Crippen LogP contribution >= 0.6 is 11.8 Å². The zero-order valence-electron chi connectivity index (χ0n) is 16.7. The van der Waals surface area contributed by atoms with E-state index in [4.69, 9.17) is 9.47 Å². The fraction of sp³-hybridized carbons (Fsp3) is 0.526. The molecule has 1 N–H and O–H groups in total. The molecule has 0 spiro atoms. The molecule has 0 aliphatic carbocycles. The number of alkyl halides is 3. The van der Waals surface area contributed by atoms with Crippen molar-refractivity contribution >= 4 is 40.9 Å². The van der Waals surface area contributed by atoms with Crippen molar-refractivity contribution in [1.29, 1.82) is 0 Å². The van der Waals surface area contributed by atoms with E-state index in [9.17, 15) is 27.6 Å². The average molecular weight is 461 g/mol. The van der Waals surface area contributed by atoms with Gasteiger partial charge in [-0.25, -0.2) is 0 Å². The first-order valence-corrected chi connectivity index (χ1v) is 10.7. The van der Waals surface area contributed by atoms with Crippen molar-refractivity contribution in [3.05, 3.63) is 23.8 Å². The molecule has 1 unspecified atom stereocenters. The van der Waals surface area contributed by atoms with Crippen LogP contribution in [0.4, 0.5) is 24.5 Å². The van der Waals surface area contributed by atoms with Crippen LogP contribution in [0.25, 0.3) is 0 Å². The topological polar surface area (TPSA) is 88.2 Å². The van der Waals surface area contributed by atoms with Gasteiger partial charge in [0.1, 0.15) is 6.54 Å². The van der Waals surface area contributed by atoms with Crippen molar-refractivity contribution in [2.45, 2.75) is 19.2 Å². The summed E-state index contributed by atoms with van der Waals surface area (Å²) in [5, 5.41) is 2.44. The van der Waals surface area contributed by atoms with Gasteiger partial charge in [-0.1, -0.05) is 0 Å². The monoisotopic (exact) mass is 461 g/mol. The maximum atomic E-state index is 13.2. The third-order valence-electron chi connectivity index (χ3n) is 4.76. The van der Waals surface area contributed by atoms with E-state index >= 15 is 0 Å². The first kappa shape index (κ1) is 23.2. The number of carbonyl (C=O) groups is 3. The Bertz CT molecular complexity index is 846. The first-order chi connectivity index (χ1) is 14.6. The summed E-state index contributed by atoms with van der Waals surface area (Å²) in [6.07, 6.45) is -5.84. The molecular formula is C19H22F3N3O5S. The SMILES string of the molecule is CC(OC(=O)CN1CSCC1=O)C(=O)Nc1cc(C(F)(F)F)ccc1N1CCOCC1. The highest BCUT2D eigenvalue weighted by Gasteiger charge is 2.32. The number of hydrogen-bond donors (Lipinski definition) is 1. The molecule has 2 aliphatic heterocycles. The molecule has 1 aromatic rings. The molecular weight excluding hydrogens is 439 g/mol. The number of nitrogens with one attached hydrogen (secondary N) is 1. The van der Waals surface area contributed by atoms with Crippen molar-refractivity contribution in [3.8, 4) is 0 Å². The van der Waals surface area contributed by atoms with Crippen LogP contribution in [0.15, 0.2) is 18.2 Å². The molecule has 3 rings (SSSR count). The quantitative estimate of drug-likeness (QED) is 0.648. The van der Waals surface area contributed by atoms with Crippen LogP contribution in [0.2, 0.25) is 0 Å². The van der Waals surface area contributed by atoms with E-state index in [-0.39, 0.29) is 23.9 Å². The van der Waals surface area contributed by atoms with E-state index in [2.05, 4.69) is 5.32 Å². The number of anilines is 2. The lowest BCUT2D eigenvalue weighted by molar-refractivity contribution is -0.155. The Balaban J connectivity index is 1.70. The van der Waals surface area contributed by atoms with Crippen LogP contribution in [-0.4, -0.2) is 73.3 Å². The molecule has 0 saturated carbocycles. The second-order valence-corrected chi connectivity index (χ2v) is 7.97. The Morgan fingerprint density at radius 1 is 1.29 bits per heavy atom. The summed E-state index contributed by atoms with van der Waals surface area (Å²) in [4.78, 5) is 39.3. The lowest BCUT2D eigenvalue weighted by Crippen LogP contribution is -2.38. The number of hydrogen-bond acceptors (Lipinski definition) is 7. The average Bonchev–Trinajstić information content (AvgIpc) is 3.12. The number of carbonyl (C=O) groups excluding carboxylic acids is 3. The van der Waals surface area contributed by atoms with Crippen LogP contribution in [0.3, 0.4) is 0 Å². The Morgan fingerprint density at radius 3 is 2.61 bits per heavy atom. The fourth-order valence-electron chi connectivity index (χ4n) is 3.11. The number of amides is 2. The van der Waals surface area contributed by atoms with Gasteiger partial charge in [0.2, 0.25) is 5.91 Å². The van der Waals surface area contributed by atoms with Gasteiger partial charge in [-0.3, -0.25) is 14.4 Å². The van der Waals surface area contributed by atoms with Gasteiger partial charge in [-0.2, -0.15) is 13.2 Å². The number of rotatable bonds is 6. The van der Waals surface area contributed by atoms with Gasteiger partial charge >= 0.3 is 12.1 Å². The van der Waals surface area contributed by atoms with Crippen LogP contribution in [-0.2, 0) is 30.0 Å². The zero-order chi connectivity index (χ0) is 22.6. The summed E-state index contributed by atoms with van der Waals surface area (Å²) in [5.41, 5.74) is -0.520. The fourth-order valence-corrected chi connectivity index (χ4v) is 4.02. The molecule has 1 aromatic carbocycles. The maximum Gasteiger partial charge on any atom is 0.416 e. The smallest absolute Gasteiger partial charge is 0.416 e. The molecule has 1 atom stereocenters. The molecule has 170 valence electrons. The number of ether oxygens (including phenoxy) is 2. The second kappa shape index (κ2) is 9.77. The largest absolute Gasteiger partial charge is 0.451 e. The Kier molecular flexibility index (Phi) is 7.31. The van der Waals surface area contributed by atoms with Crippen LogP contribution in [0, 0.1) is 0 Å². The third kappa shape index (κ3) is 6.03. The van der Waals surface area contributed by atoms with Gasteiger partial charge in [0, 0.05) is 13.1 Å². The minimum Gasteiger partial charge on any atom is -0.451 e. The predicted octanol–water partition coefficient (Wildman–Crippen LogP) is 1.95. The molecule has 8 nitrogen and oxygen atoms in total. The Hall–Kier alpha value is -2.47. The first-order valence-electron chi connectivity index (χ1n) is 9.55. The number of esters is 1. The van der Waals surface area contributed by atoms with Crippen LogP contribution in [0.5, 0.6) is 0 Å². The zero-order valence-corrected chi connectivity index (χ0v) is 17.6. The summed E-state index contributed by atoms with van der Waals surface area (Å²) >= 11 is 1.36. The molecule has 0 bridgehead atoms. The normalized spacial score (nSPS) is 18.1. The molecule has 2 saturated heterocycles. The summed E-state index contributed by atoms with van der Waals surface area (Å²) < 4.78 is 49.9.